The molecular formula is C23H27BrO5. The Labute approximate surface area is 180 Å². The number of methoxy groups -OCH3 is 3. The molecule has 0 amide bonds. The van der Waals surface area contributed by atoms with Crippen molar-refractivity contribution in [1.82, 2.24) is 0 Å². The van der Waals surface area contributed by atoms with Crippen molar-refractivity contribution in [2.75, 3.05) is 21.3 Å². The van der Waals surface area contributed by atoms with E-state index in [4.69, 9.17) is 23.7 Å². The minimum Gasteiger partial charge on any atom is -0.496 e. The van der Waals surface area contributed by atoms with Gasteiger partial charge in [-0.15, -0.1) is 0 Å². The summed E-state index contributed by atoms with van der Waals surface area (Å²) < 4.78 is 30.4. The molecule has 3 rings (SSSR count). The van der Waals surface area contributed by atoms with Crippen LogP contribution in [0.2, 0.25) is 0 Å². The van der Waals surface area contributed by atoms with Crippen LogP contribution in [-0.4, -0.2) is 27.1 Å². The van der Waals surface area contributed by atoms with Gasteiger partial charge in [-0.25, -0.2) is 0 Å². The third-order valence-corrected chi connectivity index (χ3v) is 5.95. The van der Waals surface area contributed by atoms with Gasteiger partial charge in [0.2, 0.25) is 5.79 Å². The number of fused-ring (bicyclic) bond motifs is 1. The highest BCUT2D eigenvalue weighted by atomic mass is 79.9. The number of hydrogen-bond acceptors (Lipinski definition) is 5. The average Bonchev–Trinajstić information content (AvgIpc) is 2.70. The lowest BCUT2D eigenvalue weighted by molar-refractivity contribution is -0.181. The first-order valence-electron chi connectivity index (χ1n) is 9.33. The van der Waals surface area contributed by atoms with E-state index in [1.165, 1.54) is 0 Å². The van der Waals surface area contributed by atoms with Crippen LogP contribution in [0.5, 0.6) is 17.2 Å². The second kappa shape index (κ2) is 8.38. The molecule has 2 aromatic carbocycles. The lowest BCUT2D eigenvalue weighted by Gasteiger charge is -2.37. The van der Waals surface area contributed by atoms with Crippen LogP contribution >= 0.6 is 15.9 Å². The Kier molecular flexibility index (Phi) is 6.27. The summed E-state index contributed by atoms with van der Waals surface area (Å²) in [7, 11) is 4.96. The van der Waals surface area contributed by atoms with E-state index in [1.807, 2.05) is 39.0 Å². The number of benzene rings is 2. The van der Waals surface area contributed by atoms with Crippen molar-refractivity contribution >= 4 is 22.0 Å². The molecule has 0 aromatic heterocycles. The van der Waals surface area contributed by atoms with Gasteiger partial charge in [-0.05, 0) is 34.5 Å². The van der Waals surface area contributed by atoms with Crippen molar-refractivity contribution in [1.29, 1.82) is 0 Å². The minimum absolute atomic E-state index is 0.418. The second-order valence-electron chi connectivity index (χ2n) is 7.27. The molecule has 0 spiro atoms. The molecule has 6 heteroatoms. The van der Waals surface area contributed by atoms with Gasteiger partial charge in [0.25, 0.3) is 0 Å². The summed E-state index contributed by atoms with van der Waals surface area (Å²) in [4.78, 5) is 0. The molecule has 2 aromatic rings. The predicted octanol–water partition coefficient (Wildman–Crippen LogP) is 5.80. The summed E-state index contributed by atoms with van der Waals surface area (Å²) in [6.07, 6.45) is 1.31. The van der Waals surface area contributed by atoms with E-state index in [0.29, 0.717) is 12.4 Å². The van der Waals surface area contributed by atoms with Gasteiger partial charge in [-0.2, -0.15) is 0 Å². The van der Waals surface area contributed by atoms with Crippen LogP contribution in [0.1, 0.15) is 47.8 Å². The highest BCUT2D eigenvalue weighted by Gasteiger charge is 2.37. The fraction of sp³-hybridized carbons (Fsp3) is 0.391. The fourth-order valence-electron chi connectivity index (χ4n) is 3.72. The summed E-state index contributed by atoms with van der Waals surface area (Å²) in [6.45, 7) is 10.2. The van der Waals surface area contributed by atoms with E-state index in [2.05, 4.69) is 22.5 Å². The Morgan fingerprint density at radius 3 is 2.48 bits per heavy atom. The molecule has 0 saturated heterocycles. The molecule has 0 N–H and O–H groups in total. The quantitative estimate of drug-likeness (QED) is 0.542. The van der Waals surface area contributed by atoms with Crippen molar-refractivity contribution < 1.29 is 23.7 Å². The van der Waals surface area contributed by atoms with E-state index in [1.54, 1.807) is 27.4 Å². The van der Waals surface area contributed by atoms with Crippen LogP contribution in [-0.2, 0) is 16.1 Å². The Morgan fingerprint density at radius 2 is 1.90 bits per heavy atom. The lowest BCUT2D eigenvalue weighted by atomic mass is 9.91. The molecule has 5 nitrogen and oxygen atoms in total. The maximum absolute atomic E-state index is 6.31. The topological polar surface area (TPSA) is 46.2 Å². The molecule has 1 unspecified atom stereocenters. The Morgan fingerprint density at radius 1 is 1.17 bits per heavy atom. The van der Waals surface area contributed by atoms with Gasteiger partial charge >= 0.3 is 0 Å². The zero-order valence-electron chi connectivity index (χ0n) is 17.7. The number of halogens is 1. The molecule has 1 atom stereocenters. The zero-order chi connectivity index (χ0) is 21.3. The third kappa shape index (κ3) is 3.77. The molecule has 0 bridgehead atoms. The summed E-state index contributed by atoms with van der Waals surface area (Å²) >= 11 is 3.75. The van der Waals surface area contributed by atoms with Crippen molar-refractivity contribution in [2.24, 2.45) is 0 Å². The maximum atomic E-state index is 6.31. The zero-order valence-corrected chi connectivity index (χ0v) is 19.3. The smallest absolute Gasteiger partial charge is 0.205 e. The molecule has 1 aliphatic heterocycles. The van der Waals surface area contributed by atoms with Crippen molar-refractivity contribution in [3.05, 3.63) is 57.1 Å². The summed E-state index contributed by atoms with van der Waals surface area (Å²) in [5.41, 5.74) is 4.52. The summed E-state index contributed by atoms with van der Waals surface area (Å²) in [5.74, 6) is 1.41. The van der Waals surface area contributed by atoms with Crippen LogP contribution < -0.4 is 14.2 Å². The van der Waals surface area contributed by atoms with Crippen LogP contribution in [0.3, 0.4) is 0 Å². The van der Waals surface area contributed by atoms with Crippen molar-refractivity contribution in [3.8, 4) is 17.2 Å². The summed E-state index contributed by atoms with van der Waals surface area (Å²) in [6, 6.07) is 5.82. The Bertz CT molecular complexity index is 936. The molecule has 0 radical (unpaired) electrons. The van der Waals surface area contributed by atoms with Gasteiger partial charge in [-0.1, -0.05) is 24.8 Å². The molecule has 0 aliphatic carbocycles. The van der Waals surface area contributed by atoms with Crippen molar-refractivity contribution in [3.63, 3.8) is 0 Å². The molecule has 0 fully saturated rings. The third-order valence-electron chi connectivity index (χ3n) is 5.16. The predicted molar refractivity (Wildman–Crippen MR) is 117 cm³/mol. The molecule has 1 heterocycles. The van der Waals surface area contributed by atoms with Gasteiger partial charge in [0, 0.05) is 43.2 Å². The van der Waals surface area contributed by atoms with Crippen LogP contribution in [0.25, 0.3) is 6.08 Å². The highest BCUT2D eigenvalue weighted by Crippen LogP contribution is 2.51. The lowest BCUT2D eigenvalue weighted by Crippen LogP contribution is -2.36. The maximum Gasteiger partial charge on any atom is 0.205 e. The summed E-state index contributed by atoms with van der Waals surface area (Å²) in [5, 5.41) is 0. The largest absolute Gasteiger partial charge is 0.496 e. The Balaban J connectivity index is 2.37. The second-order valence-corrected chi connectivity index (χ2v) is 8.06. The van der Waals surface area contributed by atoms with E-state index < -0.39 is 11.9 Å². The first kappa shape index (κ1) is 21.7. The average molecular weight is 463 g/mol. The van der Waals surface area contributed by atoms with Crippen LogP contribution in [0, 0.1) is 6.92 Å². The highest BCUT2D eigenvalue weighted by molar-refractivity contribution is 9.10. The van der Waals surface area contributed by atoms with Crippen LogP contribution in [0.4, 0.5) is 0 Å². The molecule has 29 heavy (non-hydrogen) atoms. The van der Waals surface area contributed by atoms with Crippen LogP contribution in [0.15, 0.2) is 29.3 Å². The molecule has 1 aliphatic rings. The van der Waals surface area contributed by atoms with E-state index in [-0.39, 0.29) is 0 Å². The molecule has 156 valence electrons. The Hall–Kier alpha value is -2.02. The van der Waals surface area contributed by atoms with Gasteiger partial charge in [0.15, 0.2) is 0 Å². The van der Waals surface area contributed by atoms with E-state index >= 15 is 0 Å². The fourth-order valence-corrected chi connectivity index (χ4v) is 4.57. The molecular weight excluding hydrogens is 436 g/mol. The standard InChI is InChI=1S/C23H27BrO5/c1-8-14-10-9-11-16(25-5)17(14)22(27-7)18-19(24)20(26-6)13(2)15-12-28-23(3,4)29-21(15)18/h8-11,22H,1,12H2,2-7H3. The van der Waals surface area contributed by atoms with E-state index in [9.17, 15) is 0 Å². The number of ether oxygens (including phenoxy) is 5. The van der Waals surface area contributed by atoms with Gasteiger partial charge < -0.3 is 23.7 Å². The first-order valence-corrected chi connectivity index (χ1v) is 10.1. The normalized spacial score (nSPS) is 15.8. The monoisotopic (exact) mass is 462 g/mol. The molecule has 0 saturated carbocycles. The van der Waals surface area contributed by atoms with Gasteiger partial charge in [0.05, 0.1) is 25.3 Å². The van der Waals surface area contributed by atoms with E-state index in [0.717, 1.165) is 43.8 Å². The number of hydrogen-bond donors (Lipinski definition) is 0. The van der Waals surface area contributed by atoms with Gasteiger partial charge in [-0.3, -0.25) is 0 Å². The van der Waals surface area contributed by atoms with Crippen molar-refractivity contribution in [2.45, 2.75) is 39.3 Å². The van der Waals surface area contributed by atoms with Gasteiger partial charge in [0.1, 0.15) is 23.4 Å². The minimum atomic E-state index is -0.761. The SMILES string of the molecule is C=Cc1cccc(OC)c1C(OC)c1c(Br)c(OC)c(C)c2c1OC(C)(C)OC2. The number of rotatable bonds is 6. The first-order chi connectivity index (χ1) is 13.8.